The smallest absolute Gasteiger partial charge is 0.329 e. The number of nitrogens with zero attached hydrogens (tertiary/aromatic N) is 1. The number of phosphoric ester groups is 1. The maximum atomic E-state index is 12.2. The van der Waals surface area contributed by atoms with E-state index in [-0.39, 0.29) is 6.61 Å². The molecule has 0 aliphatic heterocycles. The van der Waals surface area contributed by atoms with Crippen LogP contribution in [0.15, 0.2) is 0 Å². The van der Waals surface area contributed by atoms with Crippen molar-refractivity contribution in [3.63, 3.8) is 0 Å². The first-order valence-corrected chi connectivity index (χ1v) is 9.25. The van der Waals surface area contributed by atoms with Gasteiger partial charge in [-0.1, -0.05) is 20.8 Å². The summed E-state index contributed by atoms with van der Waals surface area (Å²) in [7, 11) is 1.77. The van der Waals surface area contributed by atoms with E-state index < -0.39 is 18.8 Å². The number of phosphoric acid groups is 1. The average Bonchev–Trinajstić information content (AvgIpc) is 2.35. The van der Waals surface area contributed by atoms with Crippen LogP contribution in [0.1, 0.15) is 47.0 Å². The van der Waals surface area contributed by atoms with Crippen molar-refractivity contribution < 1.29 is 27.8 Å². The number of likely N-dealkylation sites (N-methyl/N-ethyl adjacent to an activating group) is 1. The van der Waals surface area contributed by atoms with Crippen LogP contribution in [0.25, 0.3) is 0 Å². The third-order valence-corrected chi connectivity index (χ3v) is 5.15. The maximum Gasteiger partial charge on any atom is 0.472 e. The standard InChI is InChI=1S/C15H32NO5P/c1-8-14(3,13-17)12-15(4,9-2)21-22(18,19)20-11-10-16(5,6)7/h13H,8-12H2,1-7H3/p+1. The van der Waals surface area contributed by atoms with E-state index in [9.17, 15) is 14.3 Å². The summed E-state index contributed by atoms with van der Waals surface area (Å²) in [6.07, 6.45) is 2.43. The van der Waals surface area contributed by atoms with Crippen LogP contribution in [-0.2, 0) is 18.4 Å². The largest absolute Gasteiger partial charge is 0.472 e. The van der Waals surface area contributed by atoms with E-state index in [0.717, 1.165) is 6.29 Å². The fourth-order valence-electron chi connectivity index (χ4n) is 2.06. The summed E-state index contributed by atoms with van der Waals surface area (Å²) in [5.41, 5.74) is -1.46. The van der Waals surface area contributed by atoms with Crippen molar-refractivity contribution >= 4 is 14.1 Å². The second-order valence-electron chi connectivity index (χ2n) is 7.51. The Kier molecular flexibility index (Phi) is 7.93. The van der Waals surface area contributed by atoms with Crippen LogP contribution in [0, 0.1) is 5.41 Å². The van der Waals surface area contributed by atoms with Crippen LogP contribution in [0.2, 0.25) is 0 Å². The fraction of sp³-hybridized carbons (Fsp3) is 0.933. The summed E-state index contributed by atoms with van der Waals surface area (Å²) < 4.78 is 23.3. The predicted molar refractivity (Wildman–Crippen MR) is 87.5 cm³/mol. The van der Waals surface area contributed by atoms with E-state index >= 15 is 0 Å². The predicted octanol–water partition coefficient (Wildman–Crippen LogP) is 3.00. The van der Waals surface area contributed by atoms with Gasteiger partial charge in [0, 0.05) is 5.41 Å². The molecule has 7 heteroatoms. The second kappa shape index (κ2) is 8.02. The third kappa shape index (κ3) is 8.39. The maximum absolute atomic E-state index is 12.2. The number of carbonyl (C=O) groups is 1. The summed E-state index contributed by atoms with van der Waals surface area (Å²) in [6.45, 7) is 8.09. The lowest BCUT2D eigenvalue weighted by Gasteiger charge is -2.36. The highest BCUT2D eigenvalue weighted by molar-refractivity contribution is 7.47. The Morgan fingerprint density at radius 2 is 1.73 bits per heavy atom. The van der Waals surface area contributed by atoms with Crippen LogP contribution in [-0.4, -0.2) is 55.6 Å². The first kappa shape index (κ1) is 21.7. The number of hydrogen-bond donors (Lipinski definition) is 1. The van der Waals surface area contributed by atoms with E-state index in [1.165, 1.54) is 0 Å². The van der Waals surface area contributed by atoms with Gasteiger partial charge in [0.15, 0.2) is 0 Å². The Hall–Kier alpha value is -0.260. The highest BCUT2D eigenvalue weighted by atomic mass is 31.2. The molecule has 0 heterocycles. The molecule has 0 aromatic carbocycles. The topological polar surface area (TPSA) is 72.8 Å². The lowest BCUT2D eigenvalue weighted by Crippen LogP contribution is -2.38. The Balaban J connectivity index is 4.82. The number of quaternary nitrogens is 1. The molecular weight excluding hydrogens is 305 g/mol. The molecule has 3 atom stereocenters. The zero-order valence-electron chi connectivity index (χ0n) is 15.1. The van der Waals surface area contributed by atoms with Crippen LogP contribution in [0.5, 0.6) is 0 Å². The molecule has 3 unspecified atom stereocenters. The molecule has 0 saturated heterocycles. The molecule has 0 rings (SSSR count). The molecule has 6 nitrogen and oxygen atoms in total. The third-order valence-electron chi connectivity index (χ3n) is 3.97. The quantitative estimate of drug-likeness (QED) is 0.356. The summed E-state index contributed by atoms with van der Waals surface area (Å²) in [5.74, 6) is 0. The Morgan fingerprint density at radius 3 is 2.09 bits per heavy atom. The van der Waals surface area contributed by atoms with Crippen LogP contribution in [0.3, 0.4) is 0 Å². The van der Waals surface area contributed by atoms with Gasteiger partial charge in [0.25, 0.3) is 0 Å². The number of hydrogen-bond acceptors (Lipinski definition) is 4. The molecule has 0 aliphatic carbocycles. The van der Waals surface area contributed by atoms with Gasteiger partial charge in [-0.15, -0.1) is 0 Å². The molecule has 0 aromatic heterocycles. The van der Waals surface area contributed by atoms with Gasteiger partial charge in [0.2, 0.25) is 0 Å². The molecule has 1 N–H and O–H groups in total. The molecule has 22 heavy (non-hydrogen) atoms. The molecule has 132 valence electrons. The number of rotatable bonds is 11. The minimum Gasteiger partial charge on any atom is -0.329 e. The van der Waals surface area contributed by atoms with Gasteiger partial charge >= 0.3 is 7.82 Å². The van der Waals surface area contributed by atoms with Crippen molar-refractivity contribution in [3.05, 3.63) is 0 Å². The highest BCUT2D eigenvalue weighted by Crippen LogP contribution is 2.50. The van der Waals surface area contributed by atoms with Crippen molar-refractivity contribution in [1.82, 2.24) is 0 Å². The van der Waals surface area contributed by atoms with E-state index in [4.69, 9.17) is 9.05 Å². The minimum atomic E-state index is -4.15. The first-order valence-electron chi connectivity index (χ1n) is 7.75. The zero-order valence-corrected chi connectivity index (χ0v) is 16.0. The molecule has 0 amide bonds. The number of aldehydes is 1. The van der Waals surface area contributed by atoms with Gasteiger partial charge in [0.05, 0.1) is 26.7 Å². The van der Waals surface area contributed by atoms with Crippen molar-refractivity contribution in [1.29, 1.82) is 0 Å². The summed E-state index contributed by atoms with van der Waals surface area (Å²) in [5, 5.41) is 0. The molecule has 0 aromatic rings. The summed E-state index contributed by atoms with van der Waals surface area (Å²) >= 11 is 0. The van der Waals surface area contributed by atoms with Gasteiger partial charge in [-0.05, 0) is 26.2 Å². The second-order valence-corrected chi connectivity index (χ2v) is 8.89. The van der Waals surface area contributed by atoms with E-state index in [1.807, 2.05) is 41.9 Å². The molecule has 0 radical (unpaired) electrons. The SMILES string of the molecule is CCC(C)(C=O)CC(C)(CC)OP(=O)(O)OCC[N+](C)(C)C. The lowest BCUT2D eigenvalue weighted by molar-refractivity contribution is -0.870. The van der Waals surface area contributed by atoms with Crippen molar-refractivity contribution in [2.45, 2.75) is 52.6 Å². The minimum absolute atomic E-state index is 0.135. The normalized spacial score (nSPS) is 20.7. The van der Waals surface area contributed by atoms with E-state index in [0.29, 0.717) is 30.3 Å². The van der Waals surface area contributed by atoms with Crippen LogP contribution < -0.4 is 0 Å². The summed E-state index contributed by atoms with van der Waals surface area (Å²) in [4.78, 5) is 21.2. The van der Waals surface area contributed by atoms with E-state index in [1.54, 1.807) is 6.92 Å². The molecule has 0 bridgehead atoms. The molecule has 0 spiro atoms. The van der Waals surface area contributed by atoms with Gasteiger partial charge in [-0.25, -0.2) is 4.57 Å². The van der Waals surface area contributed by atoms with Gasteiger partial charge < -0.3 is 14.2 Å². The van der Waals surface area contributed by atoms with E-state index in [2.05, 4.69) is 0 Å². The molecule has 0 fully saturated rings. The number of carbonyl (C=O) groups excluding carboxylic acids is 1. The van der Waals surface area contributed by atoms with Gasteiger partial charge in [0.1, 0.15) is 19.4 Å². The average molecular weight is 338 g/mol. The van der Waals surface area contributed by atoms with Gasteiger partial charge in [-0.2, -0.15) is 0 Å². The Morgan fingerprint density at radius 1 is 1.18 bits per heavy atom. The lowest BCUT2D eigenvalue weighted by atomic mass is 9.78. The molecular formula is C15H33NO5P+. The van der Waals surface area contributed by atoms with Crippen LogP contribution in [0.4, 0.5) is 0 Å². The fourth-order valence-corrected chi connectivity index (χ4v) is 3.18. The van der Waals surface area contributed by atoms with Crippen molar-refractivity contribution in [3.8, 4) is 0 Å². The van der Waals surface area contributed by atoms with Crippen molar-refractivity contribution in [2.75, 3.05) is 34.3 Å². The summed E-state index contributed by atoms with van der Waals surface area (Å²) in [6, 6.07) is 0. The first-order chi connectivity index (χ1) is 9.80. The van der Waals surface area contributed by atoms with Crippen LogP contribution >= 0.6 is 7.82 Å². The Bertz CT molecular complexity index is 409. The highest BCUT2D eigenvalue weighted by Gasteiger charge is 2.40. The van der Waals surface area contributed by atoms with Crippen molar-refractivity contribution in [2.24, 2.45) is 5.41 Å². The zero-order chi connectivity index (χ0) is 17.7. The molecule has 0 aliphatic rings. The Labute approximate surface area is 135 Å². The van der Waals surface area contributed by atoms with Gasteiger partial charge in [-0.3, -0.25) is 9.05 Å². The molecule has 0 saturated carbocycles. The monoisotopic (exact) mass is 338 g/mol.